The molecule has 1 aliphatic rings. The van der Waals surface area contributed by atoms with E-state index in [0.29, 0.717) is 0 Å². The van der Waals surface area contributed by atoms with Gasteiger partial charge in [-0.05, 0) is 0 Å². The van der Waals surface area contributed by atoms with E-state index >= 15 is 0 Å². The average Bonchev–Trinajstić information content (AvgIpc) is 2.09. The zero-order valence-corrected chi connectivity index (χ0v) is 6.72. The summed E-state index contributed by atoms with van der Waals surface area (Å²) >= 11 is 0. The summed E-state index contributed by atoms with van der Waals surface area (Å²) in [6, 6.07) is 0. The van der Waals surface area contributed by atoms with Crippen molar-refractivity contribution in [3.63, 3.8) is 0 Å². The molecule has 0 aliphatic carbocycles. The van der Waals surface area contributed by atoms with Crippen molar-refractivity contribution >= 4 is 30.9 Å². The van der Waals surface area contributed by atoms with Crippen molar-refractivity contribution in [3.8, 4) is 0 Å². The van der Waals surface area contributed by atoms with Crippen LogP contribution < -0.4 is 11.5 Å². The van der Waals surface area contributed by atoms with Crippen LogP contribution in [0.4, 0.5) is 0 Å². The minimum Gasteiger partial charge on any atom is -0.377 e. The number of nitrogens with two attached hydrogens (primary N) is 2. The van der Waals surface area contributed by atoms with Crippen LogP contribution in [0.25, 0.3) is 0 Å². The van der Waals surface area contributed by atoms with Gasteiger partial charge in [-0.1, -0.05) is 0 Å². The SMILES string of the molecule is NC1=NC(N)=S(O[N+](=O)[O-])S1. The number of hydrogen-bond acceptors (Lipinski definition) is 7. The Hall–Kier alpha value is -0.800. The lowest BCUT2D eigenvalue weighted by Crippen LogP contribution is -2.09. The van der Waals surface area contributed by atoms with Gasteiger partial charge in [-0.15, -0.1) is 10.1 Å². The lowest BCUT2D eigenvalue weighted by molar-refractivity contribution is -0.707. The van der Waals surface area contributed by atoms with Crippen molar-refractivity contribution in [2.24, 2.45) is 16.5 Å². The first-order valence-corrected chi connectivity index (χ1v) is 4.80. The fourth-order valence-corrected chi connectivity index (χ4v) is 2.40. The third kappa shape index (κ3) is 2.06. The number of nitrogens with zero attached hydrogens (tertiary/aromatic N) is 2. The van der Waals surface area contributed by atoms with Crippen LogP contribution in [0.3, 0.4) is 0 Å². The fourth-order valence-electron chi connectivity index (χ4n) is 0.393. The summed E-state index contributed by atoms with van der Waals surface area (Å²) in [6.07, 6.45) is 0. The van der Waals surface area contributed by atoms with E-state index < -0.39 is 14.9 Å². The lowest BCUT2D eigenvalue weighted by atomic mass is 11.1. The van der Waals surface area contributed by atoms with E-state index in [1.807, 2.05) is 0 Å². The minimum atomic E-state index is -1.15. The molecule has 0 spiro atoms. The molecule has 0 fully saturated rings. The molecule has 1 atom stereocenters. The second-order valence-corrected chi connectivity index (χ2v) is 4.43. The highest BCUT2D eigenvalue weighted by molar-refractivity contribution is 8.87. The molecule has 62 valence electrons. The summed E-state index contributed by atoms with van der Waals surface area (Å²) in [4.78, 5) is 13.4. The molecular formula is C2H4N4O3S2. The topological polar surface area (TPSA) is 117 Å². The summed E-state index contributed by atoms with van der Waals surface area (Å²) in [5, 5.41) is 9.14. The summed E-state index contributed by atoms with van der Waals surface area (Å²) < 4.78 is 4.15. The van der Waals surface area contributed by atoms with Gasteiger partial charge in [-0.2, -0.15) is 0 Å². The van der Waals surface area contributed by atoms with E-state index in [9.17, 15) is 10.1 Å². The first kappa shape index (κ1) is 8.30. The van der Waals surface area contributed by atoms with Gasteiger partial charge in [0.2, 0.25) is 0 Å². The van der Waals surface area contributed by atoms with Gasteiger partial charge in [0.05, 0.1) is 9.80 Å². The Labute approximate surface area is 67.4 Å². The molecule has 11 heavy (non-hydrogen) atoms. The second-order valence-electron chi connectivity index (χ2n) is 1.40. The average molecular weight is 196 g/mol. The van der Waals surface area contributed by atoms with E-state index in [1.54, 1.807) is 0 Å². The molecule has 1 unspecified atom stereocenters. The molecule has 7 nitrogen and oxygen atoms in total. The molecule has 0 saturated carbocycles. The Kier molecular flexibility index (Phi) is 2.31. The highest BCUT2D eigenvalue weighted by Crippen LogP contribution is 2.36. The smallest absolute Gasteiger partial charge is 0.306 e. The van der Waals surface area contributed by atoms with Crippen molar-refractivity contribution in [2.45, 2.75) is 0 Å². The number of rotatable bonds is 2. The number of amidine groups is 1. The van der Waals surface area contributed by atoms with Gasteiger partial charge in [0.15, 0.2) is 10.3 Å². The summed E-state index contributed by atoms with van der Waals surface area (Å²) in [6.45, 7) is 0. The van der Waals surface area contributed by atoms with Gasteiger partial charge in [-0.3, -0.25) is 5.73 Å². The first-order valence-electron chi connectivity index (χ1n) is 2.31. The Morgan fingerprint density at radius 1 is 1.73 bits per heavy atom. The van der Waals surface area contributed by atoms with E-state index in [4.69, 9.17) is 11.5 Å². The zero-order chi connectivity index (χ0) is 8.43. The van der Waals surface area contributed by atoms with Crippen LogP contribution in [-0.2, 0) is 4.28 Å². The summed E-state index contributed by atoms with van der Waals surface area (Å²) in [7, 11) is -0.217. The molecule has 4 N–H and O–H groups in total. The third-order valence-electron chi connectivity index (χ3n) is 0.681. The Morgan fingerprint density at radius 2 is 2.36 bits per heavy atom. The fraction of sp³-hybridized carbons (Fsp3) is 0. The molecular weight excluding hydrogens is 192 g/mol. The van der Waals surface area contributed by atoms with Crippen LogP contribution >= 0.6 is 20.6 Å². The molecule has 1 aliphatic heterocycles. The van der Waals surface area contributed by atoms with Crippen molar-refractivity contribution < 1.29 is 9.37 Å². The normalized spacial score (nSPS) is 23.2. The largest absolute Gasteiger partial charge is 0.377 e. The molecule has 0 amide bonds. The van der Waals surface area contributed by atoms with Crippen LogP contribution in [0.15, 0.2) is 4.99 Å². The molecule has 0 saturated heterocycles. The quantitative estimate of drug-likeness (QED) is 0.263. The van der Waals surface area contributed by atoms with Crippen molar-refractivity contribution in [3.05, 3.63) is 10.1 Å². The molecule has 0 aromatic carbocycles. The Bertz CT molecular complexity index is 260. The van der Waals surface area contributed by atoms with Gasteiger partial charge in [0.1, 0.15) is 0 Å². The molecule has 0 aromatic rings. The molecule has 0 aromatic heterocycles. The molecule has 0 bridgehead atoms. The van der Waals surface area contributed by atoms with Crippen molar-refractivity contribution in [1.29, 1.82) is 0 Å². The summed E-state index contributed by atoms with van der Waals surface area (Å²) in [5.74, 6) is 0. The van der Waals surface area contributed by atoms with Crippen LogP contribution in [0.2, 0.25) is 0 Å². The van der Waals surface area contributed by atoms with Crippen molar-refractivity contribution in [1.82, 2.24) is 0 Å². The number of hydrogen-bond donors (Lipinski definition) is 2. The molecule has 1 rings (SSSR count). The van der Waals surface area contributed by atoms with Gasteiger partial charge in [-0.25, -0.2) is 9.28 Å². The molecule has 1 heterocycles. The Morgan fingerprint density at radius 3 is 2.73 bits per heavy atom. The summed E-state index contributed by atoms with van der Waals surface area (Å²) in [5.41, 5.74) is 10.4. The van der Waals surface area contributed by atoms with E-state index in [1.165, 1.54) is 0 Å². The maximum absolute atomic E-state index is 9.82. The standard InChI is InChI=1S/C2H4N4O3S2/c3-1-5-2(4)11(10-1)9-6(7)8/h4H2,(H2,3,5). The van der Waals surface area contributed by atoms with Gasteiger partial charge in [0.25, 0.3) is 0 Å². The van der Waals surface area contributed by atoms with Gasteiger partial charge < -0.3 is 5.73 Å². The lowest BCUT2D eigenvalue weighted by Gasteiger charge is -1.96. The molecule has 9 heteroatoms. The van der Waals surface area contributed by atoms with Crippen LogP contribution in [-0.4, -0.2) is 15.4 Å². The highest BCUT2D eigenvalue weighted by Gasteiger charge is 2.16. The van der Waals surface area contributed by atoms with E-state index in [2.05, 4.69) is 9.28 Å². The monoisotopic (exact) mass is 196 g/mol. The highest BCUT2D eigenvalue weighted by atomic mass is 33.1. The predicted octanol–water partition coefficient (Wildman–Crippen LogP) is -0.599. The molecule has 0 radical (unpaired) electrons. The maximum Gasteiger partial charge on any atom is 0.306 e. The third-order valence-corrected chi connectivity index (χ3v) is 3.45. The first-order chi connectivity index (χ1) is 5.09. The van der Waals surface area contributed by atoms with Gasteiger partial charge in [0, 0.05) is 10.8 Å². The van der Waals surface area contributed by atoms with Crippen LogP contribution in [0.5, 0.6) is 0 Å². The van der Waals surface area contributed by atoms with Crippen molar-refractivity contribution in [2.75, 3.05) is 0 Å². The van der Waals surface area contributed by atoms with E-state index in [-0.39, 0.29) is 10.3 Å². The maximum atomic E-state index is 9.82. The minimum absolute atomic E-state index is 0.0456. The second kappa shape index (κ2) is 3.07. The Balaban J connectivity index is 2.64. The zero-order valence-electron chi connectivity index (χ0n) is 5.09. The van der Waals surface area contributed by atoms with Gasteiger partial charge >= 0.3 is 5.09 Å². The van der Waals surface area contributed by atoms with Crippen LogP contribution in [0, 0.1) is 10.1 Å². The predicted molar refractivity (Wildman–Crippen MR) is 44.1 cm³/mol. The van der Waals surface area contributed by atoms with E-state index in [0.717, 1.165) is 10.8 Å². The number of aliphatic imine (C=N–C) groups is 1. The van der Waals surface area contributed by atoms with Crippen LogP contribution in [0.1, 0.15) is 0 Å².